The number of hydrogen-bond acceptors (Lipinski definition) is 4. The Morgan fingerprint density at radius 2 is 1.85 bits per heavy atom. The van der Waals surface area contributed by atoms with E-state index in [0.717, 1.165) is 39.1 Å². The van der Waals surface area contributed by atoms with Gasteiger partial charge in [0, 0.05) is 0 Å². The molecule has 2 fully saturated rings. The molecule has 2 aliphatic heterocycles. The molecule has 0 aliphatic carbocycles. The van der Waals surface area contributed by atoms with Crippen molar-refractivity contribution in [2.75, 3.05) is 26.6 Å². The summed E-state index contributed by atoms with van der Waals surface area (Å²) >= 11 is 0. The Balaban J connectivity index is 1.52. The SMILES string of the molecule is C(CC1COCO1)CC1OCCO1. The van der Waals surface area contributed by atoms with E-state index < -0.39 is 0 Å². The monoisotopic (exact) mass is 188 g/mol. The average Bonchev–Trinajstić information content (AvgIpc) is 2.75. The van der Waals surface area contributed by atoms with Crippen LogP contribution in [0.15, 0.2) is 0 Å². The van der Waals surface area contributed by atoms with E-state index in [2.05, 4.69) is 0 Å². The molecule has 2 saturated heterocycles. The fraction of sp³-hybridized carbons (Fsp3) is 1.00. The van der Waals surface area contributed by atoms with Crippen molar-refractivity contribution in [3.8, 4) is 0 Å². The van der Waals surface area contributed by atoms with Crippen LogP contribution in [0.25, 0.3) is 0 Å². The van der Waals surface area contributed by atoms with E-state index in [-0.39, 0.29) is 6.29 Å². The van der Waals surface area contributed by atoms with E-state index in [0.29, 0.717) is 12.9 Å². The third-order valence-electron chi connectivity index (χ3n) is 2.35. The molecule has 0 saturated carbocycles. The number of rotatable bonds is 4. The van der Waals surface area contributed by atoms with Gasteiger partial charge in [-0.25, -0.2) is 0 Å². The summed E-state index contributed by atoms with van der Waals surface area (Å²) < 4.78 is 21.1. The molecular weight excluding hydrogens is 172 g/mol. The molecule has 0 radical (unpaired) electrons. The summed E-state index contributed by atoms with van der Waals surface area (Å²) in [5.41, 5.74) is 0. The van der Waals surface area contributed by atoms with Crippen LogP contribution < -0.4 is 0 Å². The summed E-state index contributed by atoms with van der Waals surface area (Å²) in [7, 11) is 0. The minimum Gasteiger partial charge on any atom is -0.353 e. The molecule has 0 N–H and O–H groups in total. The van der Waals surface area contributed by atoms with Gasteiger partial charge in [-0.05, 0) is 19.3 Å². The molecule has 0 aromatic heterocycles. The topological polar surface area (TPSA) is 36.9 Å². The molecule has 0 aromatic carbocycles. The van der Waals surface area contributed by atoms with Gasteiger partial charge >= 0.3 is 0 Å². The van der Waals surface area contributed by atoms with Crippen molar-refractivity contribution in [2.45, 2.75) is 31.7 Å². The Morgan fingerprint density at radius 3 is 2.54 bits per heavy atom. The lowest BCUT2D eigenvalue weighted by Gasteiger charge is -2.10. The first kappa shape index (κ1) is 9.40. The van der Waals surface area contributed by atoms with E-state index in [1.807, 2.05) is 0 Å². The maximum Gasteiger partial charge on any atom is 0.157 e. The van der Waals surface area contributed by atoms with Gasteiger partial charge in [0.15, 0.2) is 6.29 Å². The van der Waals surface area contributed by atoms with Crippen LogP contribution >= 0.6 is 0 Å². The highest BCUT2D eigenvalue weighted by atomic mass is 16.7. The van der Waals surface area contributed by atoms with Crippen LogP contribution in [-0.4, -0.2) is 39.0 Å². The van der Waals surface area contributed by atoms with Gasteiger partial charge in [0.1, 0.15) is 6.79 Å². The quantitative estimate of drug-likeness (QED) is 0.657. The number of ether oxygens (including phenoxy) is 4. The standard InChI is InChI=1S/C9H16O4/c1(2-8-6-10-7-13-8)3-9-11-4-5-12-9/h8-9H,1-7H2. The highest BCUT2D eigenvalue weighted by molar-refractivity contribution is 4.61. The van der Waals surface area contributed by atoms with E-state index >= 15 is 0 Å². The number of hydrogen-bond donors (Lipinski definition) is 0. The fourth-order valence-corrected chi connectivity index (χ4v) is 1.62. The Labute approximate surface area is 78.1 Å². The van der Waals surface area contributed by atoms with Crippen LogP contribution in [0.3, 0.4) is 0 Å². The summed E-state index contributed by atoms with van der Waals surface area (Å²) in [6, 6.07) is 0. The zero-order valence-corrected chi connectivity index (χ0v) is 7.74. The molecule has 1 atom stereocenters. The minimum absolute atomic E-state index is 0.0299. The van der Waals surface area contributed by atoms with Gasteiger partial charge in [-0.2, -0.15) is 0 Å². The van der Waals surface area contributed by atoms with Gasteiger partial charge in [-0.1, -0.05) is 0 Å². The molecule has 2 heterocycles. The summed E-state index contributed by atoms with van der Waals surface area (Å²) in [5.74, 6) is 0. The highest BCUT2D eigenvalue weighted by Crippen LogP contribution is 2.15. The van der Waals surface area contributed by atoms with Crippen molar-refractivity contribution in [3.63, 3.8) is 0 Å². The van der Waals surface area contributed by atoms with Gasteiger partial charge in [0.2, 0.25) is 0 Å². The summed E-state index contributed by atoms with van der Waals surface area (Å²) in [6.45, 7) is 2.69. The second kappa shape index (κ2) is 4.91. The smallest absolute Gasteiger partial charge is 0.157 e. The zero-order valence-electron chi connectivity index (χ0n) is 7.74. The average molecular weight is 188 g/mol. The summed E-state index contributed by atoms with van der Waals surface area (Å²) in [5, 5.41) is 0. The Hall–Kier alpha value is -0.160. The highest BCUT2D eigenvalue weighted by Gasteiger charge is 2.19. The van der Waals surface area contributed by atoms with Crippen LogP contribution in [0.1, 0.15) is 19.3 Å². The van der Waals surface area contributed by atoms with Gasteiger partial charge in [-0.3, -0.25) is 0 Å². The lowest BCUT2D eigenvalue weighted by atomic mass is 10.1. The second-order valence-corrected chi connectivity index (χ2v) is 3.38. The predicted molar refractivity (Wildman–Crippen MR) is 45.2 cm³/mol. The Morgan fingerprint density at radius 1 is 1.00 bits per heavy atom. The summed E-state index contributed by atoms with van der Waals surface area (Å²) in [4.78, 5) is 0. The Kier molecular flexibility index (Phi) is 3.55. The Bertz CT molecular complexity index is 123. The van der Waals surface area contributed by atoms with Crippen LogP contribution in [0.4, 0.5) is 0 Å². The van der Waals surface area contributed by atoms with E-state index in [9.17, 15) is 0 Å². The summed E-state index contributed by atoms with van der Waals surface area (Å²) in [6.07, 6.45) is 3.42. The molecule has 2 aliphatic rings. The zero-order chi connectivity index (χ0) is 8.93. The molecule has 0 aromatic rings. The van der Waals surface area contributed by atoms with Crippen molar-refractivity contribution in [3.05, 3.63) is 0 Å². The van der Waals surface area contributed by atoms with Crippen molar-refractivity contribution in [1.82, 2.24) is 0 Å². The van der Waals surface area contributed by atoms with E-state index in [1.165, 1.54) is 0 Å². The van der Waals surface area contributed by atoms with Crippen molar-refractivity contribution in [1.29, 1.82) is 0 Å². The maximum atomic E-state index is 5.32. The molecule has 13 heavy (non-hydrogen) atoms. The molecule has 0 amide bonds. The van der Waals surface area contributed by atoms with Crippen molar-refractivity contribution >= 4 is 0 Å². The molecule has 0 spiro atoms. The molecule has 1 unspecified atom stereocenters. The fourth-order valence-electron chi connectivity index (χ4n) is 1.62. The molecule has 4 nitrogen and oxygen atoms in total. The first-order valence-electron chi connectivity index (χ1n) is 4.88. The normalized spacial score (nSPS) is 30.0. The van der Waals surface area contributed by atoms with E-state index in [1.54, 1.807) is 0 Å². The third-order valence-corrected chi connectivity index (χ3v) is 2.35. The largest absolute Gasteiger partial charge is 0.353 e. The lowest BCUT2D eigenvalue weighted by molar-refractivity contribution is -0.0497. The molecule has 4 heteroatoms. The van der Waals surface area contributed by atoms with Gasteiger partial charge in [-0.15, -0.1) is 0 Å². The van der Waals surface area contributed by atoms with Crippen molar-refractivity contribution in [2.24, 2.45) is 0 Å². The maximum absolute atomic E-state index is 5.32. The van der Waals surface area contributed by atoms with Crippen molar-refractivity contribution < 1.29 is 18.9 Å². The van der Waals surface area contributed by atoms with Crippen LogP contribution in [-0.2, 0) is 18.9 Å². The van der Waals surface area contributed by atoms with Gasteiger partial charge in [0.05, 0.1) is 25.9 Å². The van der Waals surface area contributed by atoms with Gasteiger partial charge < -0.3 is 18.9 Å². The first-order chi connectivity index (χ1) is 6.45. The molecular formula is C9H16O4. The molecule has 76 valence electrons. The second-order valence-electron chi connectivity index (χ2n) is 3.38. The van der Waals surface area contributed by atoms with Crippen LogP contribution in [0, 0.1) is 0 Å². The molecule has 0 bridgehead atoms. The lowest BCUT2D eigenvalue weighted by Crippen LogP contribution is -2.12. The van der Waals surface area contributed by atoms with E-state index in [4.69, 9.17) is 18.9 Å². The predicted octanol–water partition coefficient (Wildman–Crippen LogP) is 0.902. The van der Waals surface area contributed by atoms with Gasteiger partial charge in [0.25, 0.3) is 0 Å². The van der Waals surface area contributed by atoms with Crippen LogP contribution in [0.2, 0.25) is 0 Å². The first-order valence-corrected chi connectivity index (χ1v) is 4.88. The minimum atomic E-state index is 0.0299. The third kappa shape index (κ3) is 2.91. The van der Waals surface area contributed by atoms with Crippen LogP contribution in [0.5, 0.6) is 0 Å². The molecule has 2 rings (SSSR count).